The molecule has 0 aliphatic heterocycles. The Kier molecular flexibility index (Phi) is 6.49. The van der Waals surface area contributed by atoms with Gasteiger partial charge in [0, 0.05) is 5.75 Å². The lowest BCUT2D eigenvalue weighted by molar-refractivity contribution is -0.147. The van der Waals surface area contributed by atoms with Gasteiger partial charge < -0.3 is 10.2 Å². The topological polar surface area (TPSA) is 87.5 Å². The third-order valence-corrected chi connectivity index (χ3v) is 4.79. The average molecular weight is 327 g/mol. The summed E-state index contributed by atoms with van der Waals surface area (Å²) in [5.41, 5.74) is 0.875. The van der Waals surface area contributed by atoms with Crippen molar-refractivity contribution in [2.75, 3.05) is 5.75 Å². The molecule has 5 nitrogen and oxygen atoms in total. The van der Waals surface area contributed by atoms with E-state index in [1.54, 1.807) is 0 Å². The zero-order valence-corrected chi connectivity index (χ0v) is 11.4. The molecule has 0 radical (unpaired) electrons. The number of carboxylic acids is 2. The van der Waals surface area contributed by atoms with Crippen LogP contribution in [0.1, 0.15) is 6.42 Å². The molecule has 0 amide bonds. The largest absolute Gasteiger partial charge is 0.481 e. The first-order valence-electron chi connectivity index (χ1n) is 5.49. The molecule has 0 aliphatic carbocycles. The molecule has 2 aromatic rings. The molecule has 2 rings (SSSR count). The molecule has 0 saturated heterocycles. The third kappa shape index (κ3) is 4.49. The Morgan fingerprint density at radius 2 is 2.00 bits per heavy atom. The maximum Gasteiger partial charge on any atom is 0.307 e. The summed E-state index contributed by atoms with van der Waals surface area (Å²) in [5.74, 6) is -2.87. The highest BCUT2D eigenvalue weighted by Crippen LogP contribution is 2.30. The Hall–Kier alpha value is -1.07. The number of hydrogen-bond donors (Lipinski definition) is 2. The molecule has 106 valence electrons. The SMILES string of the molecule is O=C(O)CC(CSc1nc2ccccc2s1)C(=O)O.[AlH3]. The van der Waals surface area contributed by atoms with Gasteiger partial charge in [-0.1, -0.05) is 23.9 Å². The van der Waals surface area contributed by atoms with Gasteiger partial charge in [0.2, 0.25) is 0 Å². The van der Waals surface area contributed by atoms with Crippen LogP contribution in [-0.2, 0) is 9.59 Å². The van der Waals surface area contributed by atoms with Gasteiger partial charge in [0.05, 0.1) is 22.6 Å². The van der Waals surface area contributed by atoms with E-state index in [4.69, 9.17) is 10.2 Å². The van der Waals surface area contributed by atoms with Crippen LogP contribution in [0.5, 0.6) is 0 Å². The second kappa shape index (κ2) is 7.65. The first-order valence-corrected chi connectivity index (χ1v) is 7.29. The van der Waals surface area contributed by atoms with Crippen LogP contribution >= 0.6 is 23.1 Å². The minimum Gasteiger partial charge on any atom is -0.481 e. The zero-order chi connectivity index (χ0) is 13.8. The molecule has 1 atom stereocenters. The molecule has 0 saturated carbocycles. The maximum absolute atomic E-state index is 10.9. The van der Waals surface area contributed by atoms with Crippen molar-refractivity contribution in [1.82, 2.24) is 4.98 Å². The summed E-state index contributed by atoms with van der Waals surface area (Å²) >= 11 is 2.77. The van der Waals surface area contributed by atoms with Gasteiger partial charge in [-0.2, -0.15) is 0 Å². The van der Waals surface area contributed by atoms with Crippen molar-refractivity contribution < 1.29 is 19.8 Å². The smallest absolute Gasteiger partial charge is 0.307 e. The van der Waals surface area contributed by atoms with Gasteiger partial charge in [-0.3, -0.25) is 9.59 Å². The number of para-hydroxylation sites is 1. The highest BCUT2D eigenvalue weighted by atomic mass is 32.2. The number of thiazole rings is 1. The Morgan fingerprint density at radius 1 is 1.30 bits per heavy atom. The first kappa shape index (κ1) is 17.0. The Labute approximate surface area is 134 Å². The van der Waals surface area contributed by atoms with E-state index in [2.05, 4.69) is 4.98 Å². The normalized spacial score (nSPS) is 11.8. The highest BCUT2D eigenvalue weighted by molar-refractivity contribution is 8.01. The summed E-state index contributed by atoms with van der Waals surface area (Å²) in [6, 6.07) is 7.64. The molecular weight excluding hydrogens is 313 g/mol. The van der Waals surface area contributed by atoms with E-state index in [1.165, 1.54) is 23.1 Å². The van der Waals surface area contributed by atoms with Crippen molar-refractivity contribution in [2.24, 2.45) is 5.92 Å². The Balaban J connectivity index is 0.00000200. The summed E-state index contributed by atoms with van der Waals surface area (Å²) in [5, 5.41) is 17.6. The van der Waals surface area contributed by atoms with E-state index < -0.39 is 17.9 Å². The van der Waals surface area contributed by atoms with Gasteiger partial charge in [-0.05, 0) is 12.1 Å². The van der Waals surface area contributed by atoms with Gasteiger partial charge in [0.15, 0.2) is 21.7 Å². The summed E-state index contributed by atoms with van der Waals surface area (Å²) in [6.07, 6.45) is -0.368. The predicted octanol–water partition coefficient (Wildman–Crippen LogP) is 1.38. The van der Waals surface area contributed by atoms with E-state index in [9.17, 15) is 9.59 Å². The van der Waals surface area contributed by atoms with E-state index in [0.29, 0.717) is 0 Å². The molecule has 0 fully saturated rings. The fraction of sp³-hybridized carbons (Fsp3) is 0.250. The summed E-state index contributed by atoms with van der Waals surface area (Å²) in [7, 11) is 0. The van der Waals surface area contributed by atoms with Crippen molar-refractivity contribution in [1.29, 1.82) is 0 Å². The fourth-order valence-electron chi connectivity index (χ4n) is 1.51. The van der Waals surface area contributed by atoms with Crippen LogP contribution in [-0.4, -0.2) is 50.2 Å². The lowest BCUT2D eigenvalue weighted by Crippen LogP contribution is -2.19. The third-order valence-electron chi connectivity index (χ3n) is 2.45. The molecule has 1 unspecified atom stereocenters. The predicted molar refractivity (Wildman–Crippen MR) is 83.7 cm³/mol. The number of thioether (sulfide) groups is 1. The van der Waals surface area contributed by atoms with Crippen molar-refractivity contribution in [3.8, 4) is 0 Å². The fourth-order valence-corrected chi connectivity index (χ4v) is 3.69. The molecule has 1 heterocycles. The summed E-state index contributed by atoms with van der Waals surface area (Å²) in [6.45, 7) is 0. The molecule has 0 aliphatic rings. The number of carbonyl (C=O) groups is 2. The number of aliphatic carboxylic acids is 2. The maximum atomic E-state index is 10.9. The Bertz CT molecular complexity index is 583. The van der Waals surface area contributed by atoms with Gasteiger partial charge in [0.25, 0.3) is 0 Å². The molecule has 0 bridgehead atoms. The van der Waals surface area contributed by atoms with Gasteiger partial charge in [-0.25, -0.2) is 4.98 Å². The van der Waals surface area contributed by atoms with Crippen LogP contribution in [0.4, 0.5) is 0 Å². The number of benzene rings is 1. The number of hydrogen-bond acceptors (Lipinski definition) is 5. The van der Waals surface area contributed by atoms with Gasteiger partial charge in [0.1, 0.15) is 0 Å². The van der Waals surface area contributed by atoms with E-state index in [-0.39, 0.29) is 29.5 Å². The first-order chi connectivity index (χ1) is 9.06. The molecule has 2 N–H and O–H groups in total. The Morgan fingerprint density at radius 3 is 2.60 bits per heavy atom. The van der Waals surface area contributed by atoms with E-state index in [0.717, 1.165) is 14.6 Å². The standard InChI is InChI=1S/C12H11NO4S2.Al.3H/c14-10(15)5-7(11(16)17)6-18-12-13-8-3-1-2-4-9(8)19-12;;;;/h1-4,7H,5-6H2,(H,14,15)(H,16,17);;;;. The molecule has 1 aromatic carbocycles. The number of fused-ring (bicyclic) bond motifs is 1. The number of rotatable bonds is 6. The van der Waals surface area contributed by atoms with Crippen LogP contribution in [0.15, 0.2) is 28.6 Å². The zero-order valence-electron chi connectivity index (χ0n) is 9.78. The average Bonchev–Trinajstić information content (AvgIpc) is 2.76. The lowest BCUT2D eigenvalue weighted by Gasteiger charge is -2.07. The quantitative estimate of drug-likeness (QED) is 0.616. The second-order valence-corrected chi connectivity index (χ2v) is 6.19. The van der Waals surface area contributed by atoms with Crippen LogP contribution in [0, 0.1) is 5.92 Å². The van der Waals surface area contributed by atoms with Crippen molar-refractivity contribution in [3.05, 3.63) is 24.3 Å². The second-order valence-electron chi connectivity index (χ2n) is 3.89. The minimum atomic E-state index is -1.10. The van der Waals surface area contributed by atoms with Crippen molar-refractivity contribution in [3.63, 3.8) is 0 Å². The van der Waals surface area contributed by atoms with E-state index in [1.807, 2.05) is 24.3 Å². The number of carboxylic acid groups (broad SMARTS) is 2. The molecule has 8 heteroatoms. The monoisotopic (exact) mass is 327 g/mol. The lowest BCUT2D eigenvalue weighted by atomic mass is 10.1. The van der Waals surface area contributed by atoms with Crippen molar-refractivity contribution >= 4 is 62.6 Å². The molecular formula is C12H14AlNO4S2. The summed E-state index contributed by atoms with van der Waals surface area (Å²) in [4.78, 5) is 25.9. The van der Waals surface area contributed by atoms with Gasteiger partial charge >= 0.3 is 11.9 Å². The summed E-state index contributed by atoms with van der Waals surface area (Å²) < 4.78 is 1.80. The van der Waals surface area contributed by atoms with Crippen LogP contribution in [0.3, 0.4) is 0 Å². The minimum absolute atomic E-state index is 0. The molecule has 0 spiro atoms. The van der Waals surface area contributed by atoms with Crippen LogP contribution < -0.4 is 0 Å². The number of nitrogens with zero attached hydrogens (tertiary/aromatic N) is 1. The molecule has 1 aromatic heterocycles. The van der Waals surface area contributed by atoms with Crippen LogP contribution in [0.2, 0.25) is 0 Å². The highest BCUT2D eigenvalue weighted by Gasteiger charge is 2.21. The molecule has 20 heavy (non-hydrogen) atoms. The van der Waals surface area contributed by atoms with Gasteiger partial charge in [-0.15, -0.1) is 11.3 Å². The van der Waals surface area contributed by atoms with E-state index >= 15 is 0 Å². The number of aromatic nitrogens is 1. The van der Waals surface area contributed by atoms with Crippen molar-refractivity contribution in [2.45, 2.75) is 10.8 Å². The van der Waals surface area contributed by atoms with Crippen LogP contribution in [0.25, 0.3) is 10.2 Å².